The van der Waals surface area contributed by atoms with Gasteiger partial charge in [-0.15, -0.1) is 11.8 Å². The van der Waals surface area contributed by atoms with Crippen LogP contribution in [0.4, 0.5) is 5.69 Å². The highest BCUT2D eigenvalue weighted by molar-refractivity contribution is 7.98. The van der Waals surface area contributed by atoms with Crippen LogP contribution in [0.15, 0.2) is 58.2 Å². The van der Waals surface area contributed by atoms with Crippen molar-refractivity contribution in [1.29, 1.82) is 0 Å². The number of carbonyl (C=O) groups is 1. The fourth-order valence-corrected chi connectivity index (χ4v) is 3.37. The van der Waals surface area contributed by atoms with Crippen molar-refractivity contribution in [2.45, 2.75) is 17.2 Å². The van der Waals surface area contributed by atoms with Gasteiger partial charge in [0.05, 0.1) is 5.92 Å². The third-order valence-electron chi connectivity index (χ3n) is 4.22. The molecule has 6 nitrogen and oxygen atoms in total. The van der Waals surface area contributed by atoms with Gasteiger partial charge in [0.2, 0.25) is 17.6 Å². The molecule has 3 aromatic rings. The summed E-state index contributed by atoms with van der Waals surface area (Å²) in [7, 11) is 0. The van der Waals surface area contributed by atoms with E-state index < -0.39 is 0 Å². The number of nitrogens with zero attached hydrogens (tertiary/aromatic N) is 4. The topological polar surface area (TPSA) is 72.1 Å². The van der Waals surface area contributed by atoms with E-state index in [-0.39, 0.29) is 11.8 Å². The second-order valence-corrected chi connectivity index (χ2v) is 6.68. The van der Waals surface area contributed by atoms with Crippen molar-refractivity contribution in [1.82, 2.24) is 15.1 Å². The molecular formula is C18H16N4O2S. The van der Waals surface area contributed by atoms with Crippen LogP contribution < -0.4 is 4.90 Å². The largest absolute Gasteiger partial charge is 0.339 e. The van der Waals surface area contributed by atoms with Crippen molar-refractivity contribution in [2.75, 3.05) is 17.7 Å². The number of aromatic nitrogens is 3. The molecule has 4 rings (SSSR count). The first-order valence-electron chi connectivity index (χ1n) is 7.93. The highest BCUT2D eigenvalue weighted by atomic mass is 32.2. The summed E-state index contributed by atoms with van der Waals surface area (Å²) in [5.41, 5.74) is 1.76. The van der Waals surface area contributed by atoms with Gasteiger partial charge in [0.25, 0.3) is 0 Å². The second-order valence-electron chi connectivity index (χ2n) is 5.80. The number of hydrogen-bond donors (Lipinski definition) is 0. The van der Waals surface area contributed by atoms with Crippen LogP contribution in [0.2, 0.25) is 0 Å². The molecule has 0 radical (unpaired) electrons. The lowest BCUT2D eigenvalue weighted by Crippen LogP contribution is -2.24. The lowest BCUT2D eigenvalue weighted by Gasteiger charge is -2.16. The minimum absolute atomic E-state index is 0.0758. The maximum atomic E-state index is 12.5. The fraction of sp³-hybridized carbons (Fsp3) is 0.222. The van der Waals surface area contributed by atoms with E-state index in [0.29, 0.717) is 24.7 Å². The number of rotatable bonds is 4. The van der Waals surface area contributed by atoms with E-state index in [9.17, 15) is 4.79 Å². The summed E-state index contributed by atoms with van der Waals surface area (Å²) in [6.45, 7) is 0.550. The number of carbonyl (C=O) groups excluding carboxylic acids is 1. The van der Waals surface area contributed by atoms with Crippen LogP contribution in [0.5, 0.6) is 0 Å². The lowest BCUT2D eigenvalue weighted by molar-refractivity contribution is -0.117. The highest BCUT2D eigenvalue weighted by Crippen LogP contribution is 2.33. The first-order chi connectivity index (χ1) is 12.2. The zero-order valence-corrected chi connectivity index (χ0v) is 14.4. The molecule has 1 amide bonds. The van der Waals surface area contributed by atoms with E-state index in [0.717, 1.165) is 16.1 Å². The van der Waals surface area contributed by atoms with Crippen LogP contribution in [-0.2, 0) is 4.79 Å². The Morgan fingerprint density at radius 1 is 1.24 bits per heavy atom. The van der Waals surface area contributed by atoms with E-state index in [1.165, 1.54) is 0 Å². The van der Waals surface area contributed by atoms with Gasteiger partial charge in [0.1, 0.15) is 0 Å². The predicted molar refractivity (Wildman–Crippen MR) is 95.5 cm³/mol. The van der Waals surface area contributed by atoms with Crippen LogP contribution in [-0.4, -0.2) is 33.8 Å². The fourth-order valence-electron chi connectivity index (χ4n) is 2.92. The number of anilines is 1. The SMILES string of the molecule is CSc1cccc(N2CC(c3nc(-c4ccncc4)no3)CC2=O)c1. The van der Waals surface area contributed by atoms with E-state index >= 15 is 0 Å². The minimum Gasteiger partial charge on any atom is -0.339 e. The van der Waals surface area contributed by atoms with Gasteiger partial charge in [-0.2, -0.15) is 4.98 Å². The van der Waals surface area contributed by atoms with Crippen molar-refractivity contribution in [3.8, 4) is 11.4 Å². The van der Waals surface area contributed by atoms with E-state index in [2.05, 4.69) is 15.1 Å². The summed E-state index contributed by atoms with van der Waals surface area (Å²) in [6.07, 6.45) is 5.77. The lowest BCUT2D eigenvalue weighted by atomic mass is 10.1. The van der Waals surface area contributed by atoms with E-state index in [1.54, 1.807) is 29.1 Å². The van der Waals surface area contributed by atoms with Gasteiger partial charge in [-0.3, -0.25) is 9.78 Å². The third kappa shape index (κ3) is 3.15. The van der Waals surface area contributed by atoms with Gasteiger partial charge in [-0.05, 0) is 36.6 Å². The predicted octanol–water partition coefficient (Wildman–Crippen LogP) is 3.37. The monoisotopic (exact) mass is 352 g/mol. The maximum Gasteiger partial charge on any atom is 0.232 e. The molecule has 1 aliphatic rings. The molecule has 0 bridgehead atoms. The summed E-state index contributed by atoms with van der Waals surface area (Å²) >= 11 is 1.66. The standard InChI is InChI=1S/C18H16N4O2S/c1-25-15-4-2-3-14(10-15)22-11-13(9-16(22)23)18-20-17(21-24-18)12-5-7-19-8-6-12/h2-8,10,13H,9,11H2,1H3. The average molecular weight is 352 g/mol. The molecule has 25 heavy (non-hydrogen) atoms. The van der Waals surface area contributed by atoms with Crippen molar-refractivity contribution >= 4 is 23.4 Å². The Morgan fingerprint density at radius 3 is 2.88 bits per heavy atom. The van der Waals surface area contributed by atoms with Crippen LogP contribution >= 0.6 is 11.8 Å². The Morgan fingerprint density at radius 2 is 2.08 bits per heavy atom. The summed E-state index contributed by atoms with van der Waals surface area (Å²) in [5, 5.41) is 4.03. The first kappa shape index (κ1) is 15.8. The van der Waals surface area contributed by atoms with E-state index in [1.807, 2.05) is 42.7 Å². The molecule has 1 unspecified atom stereocenters. The number of benzene rings is 1. The first-order valence-corrected chi connectivity index (χ1v) is 9.15. The molecule has 7 heteroatoms. The Hall–Kier alpha value is -2.67. The summed E-state index contributed by atoms with van der Waals surface area (Å²) in [6, 6.07) is 11.6. The Bertz CT molecular complexity index is 897. The zero-order chi connectivity index (χ0) is 17.2. The van der Waals surface area contributed by atoms with Gasteiger partial charge in [-0.1, -0.05) is 11.2 Å². The van der Waals surface area contributed by atoms with Gasteiger partial charge in [-0.25, -0.2) is 0 Å². The number of thioether (sulfide) groups is 1. The molecule has 126 valence electrons. The summed E-state index contributed by atoms with van der Waals surface area (Å²) in [5.74, 6) is 1.01. The second kappa shape index (κ2) is 6.68. The van der Waals surface area contributed by atoms with Crippen LogP contribution in [0.25, 0.3) is 11.4 Å². The molecule has 1 aliphatic heterocycles. The molecule has 0 spiro atoms. The molecule has 0 aliphatic carbocycles. The molecule has 2 aromatic heterocycles. The Labute approximate surface area is 149 Å². The van der Waals surface area contributed by atoms with Gasteiger partial charge in [0, 0.05) is 41.5 Å². The molecule has 0 N–H and O–H groups in total. The molecule has 1 saturated heterocycles. The molecule has 1 aromatic carbocycles. The highest BCUT2D eigenvalue weighted by Gasteiger charge is 2.35. The number of pyridine rings is 1. The van der Waals surface area contributed by atoms with Crippen LogP contribution in [0, 0.1) is 0 Å². The Balaban J connectivity index is 1.55. The molecule has 1 atom stereocenters. The third-order valence-corrected chi connectivity index (χ3v) is 4.94. The van der Waals surface area contributed by atoms with Crippen molar-refractivity contribution in [2.24, 2.45) is 0 Å². The normalized spacial score (nSPS) is 17.2. The smallest absolute Gasteiger partial charge is 0.232 e. The summed E-state index contributed by atoms with van der Waals surface area (Å²) in [4.78, 5) is 23.8. The summed E-state index contributed by atoms with van der Waals surface area (Å²) < 4.78 is 5.42. The van der Waals surface area contributed by atoms with Gasteiger partial charge in [0.15, 0.2) is 0 Å². The Kier molecular flexibility index (Phi) is 4.23. The van der Waals surface area contributed by atoms with Crippen LogP contribution in [0.1, 0.15) is 18.2 Å². The van der Waals surface area contributed by atoms with Crippen molar-refractivity contribution in [3.63, 3.8) is 0 Å². The van der Waals surface area contributed by atoms with E-state index in [4.69, 9.17) is 4.52 Å². The average Bonchev–Trinajstić information content (AvgIpc) is 3.29. The molecular weight excluding hydrogens is 336 g/mol. The van der Waals surface area contributed by atoms with Gasteiger partial charge >= 0.3 is 0 Å². The molecule has 0 saturated carbocycles. The number of hydrogen-bond acceptors (Lipinski definition) is 6. The number of amides is 1. The zero-order valence-electron chi connectivity index (χ0n) is 13.6. The minimum atomic E-state index is -0.0893. The van der Waals surface area contributed by atoms with Crippen molar-refractivity contribution in [3.05, 3.63) is 54.7 Å². The van der Waals surface area contributed by atoms with Crippen LogP contribution in [0.3, 0.4) is 0 Å². The molecule has 1 fully saturated rings. The maximum absolute atomic E-state index is 12.5. The van der Waals surface area contributed by atoms with Crippen molar-refractivity contribution < 1.29 is 9.32 Å². The van der Waals surface area contributed by atoms with Gasteiger partial charge < -0.3 is 9.42 Å². The quantitative estimate of drug-likeness (QED) is 0.670. The molecule has 3 heterocycles.